The quantitative estimate of drug-likeness (QED) is 0.834. The summed E-state index contributed by atoms with van der Waals surface area (Å²) in [5, 5.41) is 3.44. The first-order chi connectivity index (χ1) is 8.27. The summed E-state index contributed by atoms with van der Waals surface area (Å²) in [5.41, 5.74) is 4.49. The monoisotopic (exact) mass is 231 g/mol. The van der Waals surface area contributed by atoms with Crippen LogP contribution in [0.1, 0.15) is 42.4 Å². The Morgan fingerprint density at radius 3 is 2.71 bits per heavy atom. The van der Waals surface area contributed by atoms with Crippen LogP contribution < -0.4 is 5.32 Å². The average Bonchev–Trinajstić information content (AvgIpc) is 2.36. The number of hydrogen-bond acceptors (Lipinski definition) is 1. The van der Waals surface area contributed by atoms with E-state index in [9.17, 15) is 0 Å². The van der Waals surface area contributed by atoms with Crippen molar-refractivity contribution in [1.29, 1.82) is 0 Å². The summed E-state index contributed by atoms with van der Waals surface area (Å²) >= 11 is 0. The Kier molecular flexibility index (Phi) is 4.61. The van der Waals surface area contributed by atoms with Gasteiger partial charge in [0, 0.05) is 0 Å². The first-order valence-electron chi connectivity index (χ1n) is 7.03. The van der Waals surface area contributed by atoms with E-state index in [1.54, 1.807) is 5.56 Å². The highest BCUT2D eigenvalue weighted by molar-refractivity contribution is 5.33. The lowest BCUT2D eigenvalue weighted by Crippen LogP contribution is -2.27. The van der Waals surface area contributed by atoms with Gasteiger partial charge in [0.25, 0.3) is 0 Å². The van der Waals surface area contributed by atoms with Gasteiger partial charge in [-0.3, -0.25) is 0 Å². The third kappa shape index (κ3) is 3.57. The van der Waals surface area contributed by atoms with Gasteiger partial charge in [0.05, 0.1) is 0 Å². The molecule has 1 aliphatic heterocycles. The summed E-state index contributed by atoms with van der Waals surface area (Å²) in [5.74, 6) is 0.973. The Morgan fingerprint density at radius 2 is 1.94 bits per heavy atom. The Labute approximate surface area is 106 Å². The van der Waals surface area contributed by atoms with Crippen LogP contribution in [0.15, 0.2) is 18.2 Å². The SMILES string of the molecule is Cc1cccc(CCCC2CCNCC2)c1C. The smallest absolute Gasteiger partial charge is 0.00463 e. The van der Waals surface area contributed by atoms with Gasteiger partial charge in [-0.1, -0.05) is 24.6 Å². The molecule has 1 heteroatoms. The van der Waals surface area contributed by atoms with Crippen LogP contribution >= 0.6 is 0 Å². The van der Waals surface area contributed by atoms with Crippen LogP contribution in [-0.2, 0) is 6.42 Å². The Hall–Kier alpha value is -0.820. The van der Waals surface area contributed by atoms with E-state index in [2.05, 4.69) is 37.4 Å². The lowest BCUT2D eigenvalue weighted by Gasteiger charge is -2.22. The van der Waals surface area contributed by atoms with Crippen LogP contribution in [0, 0.1) is 19.8 Å². The van der Waals surface area contributed by atoms with Gasteiger partial charge in [-0.2, -0.15) is 0 Å². The Bertz CT molecular complexity index is 351. The topological polar surface area (TPSA) is 12.0 Å². The minimum Gasteiger partial charge on any atom is -0.317 e. The molecule has 0 radical (unpaired) electrons. The molecular weight excluding hydrogens is 206 g/mol. The molecule has 1 heterocycles. The summed E-state index contributed by atoms with van der Waals surface area (Å²) < 4.78 is 0. The zero-order valence-corrected chi connectivity index (χ0v) is 11.3. The number of benzene rings is 1. The molecule has 17 heavy (non-hydrogen) atoms. The molecule has 1 N–H and O–H groups in total. The minimum absolute atomic E-state index is 0.973. The molecule has 0 aromatic heterocycles. The molecular formula is C16H25N. The van der Waals surface area contributed by atoms with Gasteiger partial charge in [0.1, 0.15) is 0 Å². The minimum atomic E-state index is 0.973. The van der Waals surface area contributed by atoms with Crippen molar-refractivity contribution in [2.24, 2.45) is 5.92 Å². The highest BCUT2D eigenvalue weighted by atomic mass is 14.9. The number of piperidine rings is 1. The third-order valence-electron chi connectivity index (χ3n) is 4.23. The molecule has 1 aliphatic rings. The van der Waals surface area contributed by atoms with E-state index in [4.69, 9.17) is 0 Å². The molecule has 1 aromatic rings. The lowest BCUT2D eigenvalue weighted by atomic mass is 9.90. The van der Waals surface area contributed by atoms with Crippen LogP contribution in [0.25, 0.3) is 0 Å². The molecule has 0 amide bonds. The summed E-state index contributed by atoms with van der Waals surface area (Å²) in [6.07, 6.45) is 6.79. The van der Waals surface area contributed by atoms with Crippen molar-refractivity contribution in [2.75, 3.05) is 13.1 Å². The van der Waals surface area contributed by atoms with Crippen LogP contribution in [0.4, 0.5) is 0 Å². The lowest BCUT2D eigenvalue weighted by molar-refractivity contribution is 0.347. The van der Waals surface area contributed by atoms with E-state index in [1.807, 2.05) is 0 Å². The molecule has 2 rings (SSSR count). The predicted molar refractivity (Wildman–Crippen MR) is 74.4 cm³/mol. The van der Waals surface area contributed by atoms with E-state index in [1.165, 1.54) is 56.3 Å². The molecule has 0 unspecified atom stereocenters. The van der Waals surface area contributed by atoms with E-state index >= 15 is 0 Å². The molecule has 1 nitrogen and oxygen atoms in total. The molecule has 0 atom stereocenters. The van der Waals surface area contributed by atoms with Gasteiger partial charge in [-0.05, 0) is 75.2 Å². The molecule has 1 aromatic carbocycles. The second-order valence-corrected chi connectivity index (χ2v) is 5.44. The van der Waals surface area contributed by atoms with Gasteiger partial charge >= 0.3 is 0 Å². The van der Waals surface area contributed by atoms with Crippen molar-refractivity contribution >= 4 is 0 Å². The standard InChI is InChI=1S/C16H25N/c1-13-5-3-7-16(14(13)2)8-4-6-15-9-11-17-12-10-15/h3,5,7,15,17H,4,6,8-12H2,1-2H3. The van der Waals surface area contributed by atoms with E-state index in [0.717, 1.165) is 5.92 Å². The van der Waals surface area contributed by atoms with Crippen molar-refractivity contribution in [2.45, 2.75) is 46.0 Å². The highest BCUT2D eigenvalue weighted by Crippen LogP contribution is 2.21. The van der Waals surface area contributed by atoms with E-state index in [0.29, 0.717) is 0 Å². The van der Waals surface area contributed by atoms with Crippen LogP contribution in [0.5, 0.6) is 0 Å². The maximum Gasteiger partial charge on any atom is -0.00463 e. The Balaban J connectivity index is 1.79. The van der Waals surface area contributed by atoms with Crippen molar-refractivity contribution in [3.63, 3.8) is 0 Å². The average molecular weight is 231 g/mol. The number of nitrogens with one attached hydrogen (secondary N) is 1. The zero-order chi connectivity index (χ0) is 12.1. The van der Waals surface area contributed by atoms with Gasteiger partial charge < -0.3 is 5.32 Å². The first-order valence-corrected chi connectivity index (χ1v) is 7.03. The molecule has 1 fully saturated rings. The second-order valence-electron chi connectivity index (χ2n) is 5.44. The van der Waals surface area contributed by atoms with E-state index in [-0.39, 0.29) is 0 Å². The molecule has 0 saturated carbocycles. The summed E-state index contributed by atoms with van der Waals surface area (Å²) in [6, 6.07) is 6.71. The van der Waals surface area contributed by atoms with Gasteiger partial charge in [-0.15, -0.1) is 0 Å². The van der Waals surface area contributed by atoms with Crippen molar-refractivity contribution in [3.05, 3.63) is 34.9 Å². The molecule has 0 spiro atoms. The highest BCUT2D eigenvalue weighted by Gasteiger charge is 2.12. The predicted octanol–water partition coefficient (Wildman–Crippen LogP) is 3.63. The van der Waals surface area contributed by atoms with Crippen molar-refractivity contribution < 1.29 is 0 Å². The normalized spacial score (nSPS) is 17.3. The summed E-state index contributed by atoms with van der Waals surface area (Å²) in [7, 11) is 0. The van der Waals surface area contributed by atoms with Gasteiger partial charge in [-0.25, -0.2) is 0 Å². The van der Waals surface area contributed by atoms with Crippen LogP contribution in [-0.4, -0.2) is 13.1 Å². The fourth-order valence-corrected chi connectivity index (χ4v) is 2.83. The molecule has 0 bridgehead atoms. The zero-order valence-electron chi connectivity index (χ0n) is 11.3. The largest absolute Gasteiger partial charge is 0.317 e. The number of aryl methyl sites for hydroxylation is 2. The number of hydrogen-bond donors (Lipinski definition) is 1. The van der Waals surface area contributed by atoms with Crippen molar-refractivity contribution in [1.82, 2.24) is 5.32 Å². The summed E-state index contributed by atoms with van der Waals surface area (Å²) in [4.78, 5) is 0. The molecule has 1 saturated heterocycles. The fourth-order valence-electron chi connectivity index (χ4n) is 2.83. The van der Waals surface area contributed by atoms with E-state index < -0.39 is 0 Å². The van der Waals surface area contributed by atoms with Crippen LogP contribution in [0.3, 0.4) is 0 Å². The summed E-state index contributed by atoms with van der Waals surface area (Å²) in [6.45, 7) is 6.93. The molecule has 0 aliphatic carbocycles. The number of rotatable bonds is 4. The van der Waals surface area contributed by atoms with Crippen molar-refractivity contribution in [3.8, 4) is 0 Å². The maximum absolute atomic E-state index is 3.44. The maximum atomic E-state index is 3.44. The third-order valence-corrected chi connectivity index (χ3v) is 4.23. The molecule has 94 valence electrons. The Morgan fingerprint density at radius 1 is 1.18 bits per heavy atom. The first kappa shape index (κ1) is 12.6. The van der Waals surface area contributed by atoms with Gasteiger partial charge in [0.15, 0.2) is 0 Å². The second kappa shape index (κ2) is 6.20. The van der Waals surface area contributed by atoms with Gasteiger partial charge in [0.2, 0.25) is 0 Å². The van der Waals surface area contributed by atoms with Crippen LogP contribution in [0.2, 0.25) is 0 Å². The fraction of sp³-hybridized carbons (Fsp3) is 0.625.